The fourth-order valence-electron chi connectivity index (χ4n) is 2.99. The van der Waals surface area contributed by atoms with Gasteiger partial charge in [0.1, 0.15) is 5.02 Å². The van der Waals surface area contributed by atoms with Crippen LogP contribution in [0.3, 0.4) is 0 Å². The van der Waals surface area contributed by atoms with E-state index in [1.54, 1.807) is 29.1 Å². The highest BCUT2D eigenvalue weighted by Crippen LogP contribution is 2.28. The van der Waals surface area contributed by atoms with Crippen molar-refractivity contribution in [3.05, 3.63) is 45.0 Å². The van der Waals surface area contributed by atoms with Crippen LogP contribution in [0.1, 0.15) is 37.7 Å². The van der Waals surface area contributed by atoms with Crippen molar-refractivity contribution in [2.24, 2.45) is 5.92 Å². The molecule has 1 saturated carbocycles. The predicted molar refractivity (Wildman–Crippen MR) is 98.0 cm³/mol. The number of carbonyl (C=O) groups is 1. The van der Waals surface area contributed by atoms with E-state index in [-0.39, 0.29) is 11.8 Å². The molecule has 1 aliphatic rings. The summed E-state index contributed by atoms with van der Waals surface area (Å²) >= 11 is 18.6. The average Bonchev–Trinajstić information content (AvgIpc) is 2.91. The molecule has 2 aromatic rings. The van der Waals surface area contributed by atoms with Crippen LogP contribution in [-0.4, -0.2) is 15.7 Å². The molecular formula is C17H18Cl3N3O. The van der Waals surface area contributed by atoms with Crippen LogP contribution in [0.15, 0.2) is 24.4 Å². The summed E-state index contributed by atoms with van der Waals surface area (Å²) in [6.45, 7) is 0.386. The SMILES string of the molecule is O=C(Nc1nn(Cc2c(Cl)cccc2Cl)cc1Cl)C1CCCCC1. The fourth-order valence-corrected chi connectivity index (χ4v) is 3.71. The minimum Gasteiger partial charge on any atom is -0.308 e. The molecule has 3 rings (SSSR count). The normalized spacial score (nSPS) is 15.5. The second-order valence-corrected chi connectivity index (χ2v) is 7.27. The third kappa shape index (κ3) is 4.05. The van der Waals surface area contributed by atoms with Crippen LogP contribution < -0.4 is 5.32 Å². The molecule has 1 aromatic carbocycles. The molecular weight excluding hydrogens is 369 g/mol. The van der Waals surface area contributed by atoms with Crippen molar-refractivity contribution in [3.63, 3.8) is 0 Å². The number of benzene rings is 1. The van der Waals surface area contributed by atoms with Crippen molar-refractivity contribution >= 4 is 46.5 Å². The summed E-state index contributed by atoms with van der Waals surface area (Å²) in [6, 6.07) is 5.35. The number of anilines is 1. The third-order valence-electron chi connectivity index (χ3n) is 4.32. The lowest BCUT2D eigenvalue weighted by molar-refractivity contribution is -0.120. The Labute approximate surface area is 156 Å². The Morgan fingerprint density at radius 3 is 2.46 bits per heavy atom. The Morgan fingerprint density at radius 1 is 1.12 bits per heavy atom. The Kier molecular flexibility index (Phi) is 5.69. The highest BCUT2D eigenvalue weighted by molar-refractivity contribution is 6.36. The molecule has 128 valence electrons. The van der Waals surface area contributed by atoms with Crippen LogP contribution >= 0.6 is 34.8 Å². The van der Waals surface area contributed by atoms with E-state index in [0.29, 0.717) is 27.4 Å². The van der Waals surface area contributed by atoms with Crippen LogP contribution in [-0.2, 0) is 11.3 Å². The molecule has 24 heavy (non-hydrogen) atoms. The number of hydrogen-bond acceptors (Lipinski definition) is 2. The van der Waals surface area contributed by atoms with Crippen LogP contribution in [0.5, 0.6) is 0 Å². The zero-order valence-corrected chi connectivity index (χ0v) is 15.3. The van der Waals surface area contributed by atoms with E-state index in [1.165, 1.54) is 6.42 Å². The van der Waals surface area contributed by atoms with Crippen LogP contribution in [0, 0.1) is 5.92 Å². The van der Waals surface area contributed by atoms with Gasteiger partial charge in [0.05, 0.1) is 6.54 Å². The first-order chi connectivity index (χ1) is 11.5. The number of halogens is 3. The maximum atomic E-state index is 12.3. The molecule has 1 heterocycles. The molecule has 0 aliphatic heterocycles. The molecule has 1 aromatic heterocycles. The summed E-state index contributed by atoms with van der Waals surface area (Å²) in [6.07, 6.45) is 6.94. The van der Waals surface area contributed by atoms with Gasteiger partial charge in [-0.25, -0.2) is 0 Å². The topological polar surface area (TPSA) is 46.9 Å². The van der Waals surface area contributed by atoms with Gasteiger partial charge >= 0.3 is 0 Å². The standard InChI is InChI=1S/C17H18Cl3N3O/c18-13-7-4-8-14(19)12(13)9-23-10-15(20)16(22-23)21-17(24)11-5-2-1-3-6-11/h4,7-8,10-11H,1-3,5-6,9H2,(H,21,22,24). The zero-order chi connectivity index (χ0) is 17.1. The van der Waals surface area contributed by atoms with E-state index < -0.39 is 0 Å². The number of hydrogen-bond donors (Lipinski definition) is 1. The van der Waals surface area contributed by atoms with E-state index >= 15 is 0 Å². The lowest BCUT2D eigenvalue weighted by atomic mass is 9.89. The van der Waals surface area contributed by atoms with Crippen molar-refractivity contribution in [2.75, 3.05) is 5.32 Å². The lowest BCUT2D eigenvalue weighted by Gasteiger charge is -2.20. The molecule has 0 atom stereocenters. The van der Waals surface area contributed by atoms with E-state index in [9.17, 15) is 4.79 Å². The fraction of sp³-hybridized carbons (Fsp3) is 0.412. The number of amides is 1. The summed E-state index contributed by atoms with van der Waals surface area (Å²) in [5, 5.41) is 8.75. The van der Waals surface area contributed by atoms with E-state index in [0.717, 1.165) is 31.2 Å². The second-order valence-electron chi connectivity index (χ2n) is 6.05. The van der Waals surface area contributed by atoms with Gasteiger partial charge in [0, 0.05) is 27.7 Å². The van der Waals surface area contributed by atoms with Crippen LogP contribution in [0.4, 0.5) is 5.82 Å². The quantitative estimate of drug-likeness (QED) is 0.763. The highest BCUT2D eigenvalue weighted by Gasteiger charge is 2.22. The molecule has 0 saturated heterocycles. The van der Waals surface area contributed by atoms with Crippen molar-refractivity contribution < 1.29 is 4.79 Å². The maximum absolute atomic E-state index is 12.3. The molecule has 7 heteroatoms. The van der Waals surface area contributed by atoms with Crippen molar-refractivity contribution in [1.29, 1.82) is 0 Å². The van der Waals surface area contributed by atoms with Gasteiger partial charge in [0.25, 0.3) is 0 Å². The van der Waals surface area contributed by atoms with Crippen LogP contribution in [0.2, 0.25) is 15.1 Å². The summed E-state index contributed by atoms with van der Waals surface area (Å²) < 4.78 is 1.63. The molecule has 1 aliphatic carbocycles. The Morgan fingerprint density at radius 2 is 1.79 bits per heavy atom. The van der Waals surface area contributed by atoms with Crippen molar-refractivity contribution in [2.45, 2.75) is 38.6 Å². The summed E-state index contributed by atoms with van der Waals surface area (Å²) in [5.41, 5.74) is 0.769. The first kappa shape index (κ1) is 17.6. The number of nitrogens with zero attached hydrogens (tertiary/aromatic N) is 2. The van der Waals surface area contributed by atoms with Gasteiger partial charge in [0.15, 0.2) is 5.82 Å². The van der Waals surface area contributed by atoms with Gasteiger partial charge in [-0.3, -0.25) is 9.48 Å². The van der Waals surface area contributed by atoms with E-state index in [4.69, 9.17) is 34.8 Å². The molecule has 1 fully saturated rings. The summed E-state index contributed by atoms with van der Waals surface area (Å²) in [7, 11) is 0. The van der Waals surface area contributed by atoms with Crippen molar-refractivity contribution in [3.8, 4) is 0 Å². The third-order valence-corrected chi connectivity index (χ3v) is 5.30. The molecule has 1 amide bonds. The Hall–Kier alpha value is -1.23. The summed E-state index contributed by atoms with van der Waals surface area (Å²) in [5.74, 6) is 0.436. The first-order valence-corrected chi connectivity index (χ1v) is 9.14. The molecule has 1 N–H and O–H groups in total. The lowest BCUT2D eigenvalue weighted by Crippen LogP contribution is -2.25. The van der Waals surface area contributed by atoms with Crippen LogP contribution in [0.25, 0.3) is 0 Å². The van der Waals surface area contributed by atoms with Crippen molar-refractivity contribution in [1.82, 2.24) is 9.78 Å². The maximum Gasteiger partial charge on any atom is 0.228 e. The second kappa shape index (κ2) is 7.77. The number of nitrogens with one attached hydrogen (secondary N) is 1. The van der Waals surface area contributed by atoms with Gasteiger partial charge in [-0.05, 0) is 25.0 Å². The Bertz CT molecular complexity index is 718. The summed E-state index contributed by atoms with van der Waals surface area (Å²) in [4.78, 5) is 12.3. The van der Waals surface area contributed by atoms with Gasteiger partial charge < -0.3 is 5.32 Å². The first-order valence-electron chi connectivity index (χ1n) is 8.01. The number of rotatable bonds is 4. The monoisotopic (exact) mass is 385 g/mol. The van der Waals surface area contributed by atoms with E-state index in [1.807, 2.05) is 0 Å². The van der Waals surface area contributed by atoms with Gasteiger partial charge in [-0.2, -0.15) is 5.10 Å². The number of aromatic nitrogens is 2. The highest BCUT2D eigenvalue weighted by atomic mass is 35.5. The van der Waals surface area contributed by atoms with Gasteiger partial charge in [-0.15, -0.1) is 0 Å². The predicted octanol–water partition coefficient (Wildman–Crippen LogP) is 5.41. The average molecular weight is 387 g/mol. The minimum absolute atomic E-state index is 0.00220. The molecule has 0 spiro atoms. The van der Waals surface area contributed by atoms with Gasteiger partial charge in [-0.1, -0.05) is 60.1 Å². The molecule has 0 unspecified atom stereocenters. The number of carbonyl (C=O) groups excluding carboxylic acids is 1. The Balaban J connectivity index is 1.72. The molecule has 4 nitrogen and oxygen atoms in total. The van der Waals surface area contributed by atoms with Gasteiger partial charge in [0.2, 0.25) is 5.91 Å². The van der Waals surface area contributed by atoms with E-state index in [2.05, 4.69) is 10.4 Å². The minimum atomic E-state index is -0.00220. The zero-order valence-electron chi connectivity index (χ0n) is 13.1. The largest absolute Gasteiger partial charge is 0.308 e. The molecule has 0 radical (unpaired) electrons. The smallest absolute Gasteiger partial charge is 0.228 e. The molecule has 0 bridgehead atoms.